The topological polar surface area (TPSA) is 61.8 Å². The summed E-state index contributed by atoms with van der Waals surface area (Å²) < 4.78 is 26.4. The lowest BCUT2D eigenvalue weighted by Gasteiger charge is -2.07. The lowest BCUT2D eigenvalue weighted by Crippen LogP contribution is -2.23. The van der Waals surface area contributed by atoms with Crippen molar-refractivity contribution in [3.63, 3.8) is 0 Å². The number of sulfonamides is 1. The van der Waals surface area contributed by atoms with E-state index in [2.05, 4.69) is 21.7 Å². The Bertz CT molecular complexity index is 625. The predicted molar refractivity (Wildman–Crippen MR) is 73.8 cm³/mol. The van der Waals surface area contributed by atoms with Crippen LogP contribution < -0.4 is 4.72 Å². The van der Waals surface area contributed by atoms with E-state index >= 15 is 0 Å². The average molecular weight is 279 g/mol. The number of amidine groups is 1. The quantitative estimate of drug-likeness (QED) is 0.866. The highest BCUT2D eigenvalue weighted by Crippen LogP contribution is 2.23. The number of hydrogen-bond donors (Lipinski definition) is 1. The minimum absolute atomic E-state index is 0.331. The van der Waals surface area contributed by atoms with Gasteiger partial charge in [0, 0.05) is 18.7 Å². The van der Waals surface area contributed by atoms with Crippen molar-refractivity contribution in [2.45, 2.75) is 11.3 Å². The van der Waals surface area contributed by atoms with Crippen molar-refractivity contribution in [1.82, 2.24) is 9.62 Å². The zero-order valence-corrected chi connectivity index (χ0v) is 11.7. The van der Waals surface area contributed by atoms with Crippen molar-refractivity contribution < 1.29 is 8.42 Å². The van der Waals surface area contributed by atoms with Gasteiger partial charge in [-0.3, -0.25) is 9.71 Å². The smallest absolute Gasteiger partial charge is 0.263 e. The van der Waals surface area contributed by atoms with Gasteiger partial charge in [0.15, 0.2) is 0 Å². The van der Waals surface area contributed by atoms with E-state index in [1.165, 1.54) is 0 Å². The number of fused-ring (bicyclic) bond motifs is 1. The highest BCUT2D eigenvalue weighted by atomic mass is 32.2. The summed E-state index contributed by atoms with van der Waals surface area (Å²) in [6.07, 6.45) is 1.13. The normalized spacial score (nSPS) is 27.4. The molecule has 1 aromatic carbocycles. The maximum absolute atomic E-state index is 11.9. The standard InChI is InChI=1S/C13H17N3O2S/c1-16-7-6-10(9-16)8-14-13-11-4-2-3-5-12(11)19(17,18)15-13/h2-5,10H,6-9H2,1H3,(H,14,15). The Morgan fingerprint density at radius 3 is 2.95 bits per heavy atom. The third-order valence-electron chi connectivity index (χ3n) is 3.66. The summed E-state index contributed by atoms with van der Waals surface area (Å²) in [4.78, 5) is 7.08. The second-order valence-electron chi connectivity index (χ2n) is 5.21. The van der Waals surface area contributed by atoms with Gasteiger partial charge in [-0.05, 0) is 38.1 Å². The Balaban J connectivity index is 1.83. The fourth-order valence-corrected chi connectivity index (χ4v) is 3.90. The number of hydrogen-bond acceptors (Lipinski definition) is 4. The molecule has 2 heterocycles. The molecule has 5 nitrogen and oxygen atoms in total. The molecule has 0 spiro atoms. The molecular formula is C13H17N3O2S. The van der Waals surface area contributed by atoms with E-state index in [1.54, 1.807) is 18.2 Å². The van der Waals surface area contributed by atoms with Crippen molar-refractivity contribution in [3.8, 4) is 0 Å². The van der Waals surface area contributed by atoms with Gasteiger partial charge >= 0.3 is 0 Å². The Morgan fingerprint density at radius 2 is 2.21 bits per heavy atom. The fraction of sp³-hybridized carbons (Fsp3) is 0.462. The molecule has 0 radical (unpaired) electrons. The first-order valence-corrected chi connectivity index (χ1v) is 7.90. The molecule has 19 heavy (non-hydrogen) atoms. The van der Waals surface area contributed by atoms with E-state index in [-0.39, 0.29) is 0 Å². The first-order chi connectivity index (χ1) is 9.06. The molecule has 1 atom stereocenters. The van der Waals surface area contributed by atoms with Crippen molar-refractivity contribution in [2.75, 3.05) is 26.7 Å². The van der Waals surface area contributed by atoms with Gasteiger partial charge in [0.2, 0.25) is 0 Å². The van der Waals surface area contributed by atoms with Crippen LogP contribution in [0.15, 0.2) is 34.2 Å². The molecular weight excluding hydrogens is 262 g/mol. The lowest BCUT2D eigenvalue weighted by atomic mass is 10.1. The molecule has 0 aliphatic carbocycles. The minimum atomic E-state index is -3.40. The van der Waals surface area contributed by atoms with Gasteiger partial charge in [-0.15, -0.1) is 0 Å². The van der Waals surface area contributed by atoms with Crippen molar-refractivity contribution >= 4 is 15.9 Å². The van der Waals surface area contributed by atoms with Gasteiger partial charge in [-0.2, -0.15) is 0 Å². The largest absolute Gasteiger partial charge is 0.306 e. The van der Waals surface area contributed by atoms with Crippen molar-refractivity contribution in [3.05, 3.63) is 29.8 Å². The third kappa shape index (κ3) is 2.37. The monoisotopic (exact) mass is 279 g/mol. The van der Waals surface area contributed by atoms with E-state index in [9.17, 15) is 8.42 Å². The maximum Gasteiger partial charge on any atom is 0.263 e. The second kappa shape index (κ2) is 4.61. The van der Waals surface area contributed by atoms with Crippen molar-refractivity contribution in [2.24, 2.45) is 10.9 Å². The summed E-state index contributed by atoms with van der Waals surface area (Å²) >= 11 is 0. The minimum Gasteiger partial charge on any atom is -0.306 e. The van der Waals surface area contributed by atoms with E-state index in [1.807, 2.05) is 6.07 Å². The summed E-state index contributed by atoms with van der Waals surface area (Å²) in [5, 5.41) is 0. The van der Waals surface area contributed by atoms with Gasteiger partial charge in [0.05, 0.1) is 4.90 Å². The molecule has 102 valence electrons. The Labute approximate surface area is 113 Å². The van der Waals surface area contributed by atoms with Crippen LogP contribution in [-0.4, -0.2) is 45.8 Å². The number of rotatable bonds is 2. The number of likely N-dealkylation sites (tertiary alicyclic amines) is 1. The lowest BCUT2D eigenvalue weighted by molar-refractivity contribution is 0.397. The Hall–Kier alpha value is -1.40. The third-order valence-corrected chi connectivity index (χ3v) is 5.06. The van der Waals surface area contributed by atoms with E-state index < -0.39 is 10.0 Å². The number of nitrogens with zero attached hydrogens (tertiary/aromatic N) is 2. The maximum atomic E-state index is 11.9. The van der Waals surface area contributed by atoms with E-state index in [0.29, 0.717) is 28.8 Å². The number of benzene rings is 1. The highest BCUT2D eigenvalue weighted by Gasteiger charge is 2.30. The highest BCUT2D eigenvalue weighted by molar-refractivity contribution is 7.90. The van der Waals surface area contributed by atoms with Crippen LogP contribution in [0, 0.1) is 5.92 Å². The first kappa shape index (κ1) is 12.6. The number of aliphatic imine (C=N–C) groups is 1. The predicted octanol–water partition coefficient (Wildman–Crippen LogP) is 0.677. The van der Waals surface area contributed by atoms with Gasteiger partial charge in [-0.25, -0.2) is 8.42 Å². The van der Waals surface area contributed by atoms with Crippen LogP contribution in [0.25, 0.3) is 0 Å². The van der Waals surface area contributed by atoms with E-state index in [0.717, 1.165) is 19.5 Å². The molecule has 0 saturated carbocycles. The molecule has 1 aromatic rings. The summed E-state index contributed by atoms with van der Waals surface area (Å²) in [6, 6.07) is 6.98. The molecule has 0 bridgehead atoms. The van der Waals surface area contributed by atoms with Crippen LogP contribution in [-0.2, 0) is 10.0 Å². The van der Waals surface area contributed by atoms with Crippen LogP contribution in [0.1, 0.15) is 12.0 Å². The molecule has 0 amide bonds. The molecule has 1 saturated heterocycles. The zero-order chi connectivity index (χ0) is 13.5. The van der Waals surface area contributed by atoms with Gasteiger partial charge in [-0.1, -0.05) is 12.1 Å². The molecule has 1 unspecified atom stereocenters. The van der Waals surface area contributed by atoms with Gasteiger partial charge in [0.1, 0.15) is 5.84 Å². The Kier molecular flexibility index (Phi) is 3.06. The van der Waals surface area contributed by atoms with Crippen LogP contribution in [0.2, 0.25) is 0 Å². The molecule has 2 aliphatic heterocycles. The van der Waals surface area contributed by atoms with Gasteiger partial charge < -0.3 is 4.90 Å². The van der Waals surface area contributed by atoms with Gasteiger partial charge in [0.25, 0.3) is 10.0 Å². The molecule has 1 N–H and O–H groups in total. The second-order valence-corrected chi connectivity index (χ2v) is 6.86. The van der Waals surface area contributed by atoms with Crippen molar-refractivity contribution in [1.29, 1.82) is 0 Å². The summed E-state index contributed by atoms with van der Waals surface area (Å²) in [7, 11) is -1.30. The SMILES string of the molecule is CN1CCC(CN=C2NS(=O)(=O)c3ccccc32)C1. The average Bonchev–Trinajstić information content (AvgIpc) is 2.90. The van der Waals surface area contributed by atoms with Crippen LogP contribution in [0.3, 0.4) is 0 Å². The summed E-state index contributed by atoms with van der Waals surface area (Å²) in [5.74, 6) is 1.01. The first-order valence-electron chi connectivity index (χ1n) is 6.41. The van der Waals surface area contributed by atoms with Crippen LogP contribution >= 0.6 is 0 Å². The summed E-state index contributed by atoms with van der Waals surface area (Å²) in [5.41, 5.74) is 0.689. The number of nitrogens with one attached hydrogen (secondary N) is 1. The molecule has 6 heteroatoms. The molecule has 1 fully saturated rings. The van der Waals surface area contributed by atoms with Crippen LogP contribution in [0.4, 0.5) is 0 Å². The summed E-state index contributed by atoms with van der Waals surface area (Å²) in [6.45, 7) is 2.81. The molecule has 0 aromatic heterocycles. The molecule has 2 aliphatic rings. The van der Waals surface area contributed by atoms with E-state index in [4.69, 9.17) is 0 Å². The molecule has 3 rings (SSSR count). The fourth-order valence-electron chi connectivity index (χ4n) is 2.65. The zero-order valence-electron chi connectivity index (χ0n) is 10.8. The Morgan fingerprint density at radius 1 is 1.42 bits per heavy atom. The van der Waals surface area contributed by atoms with Crippen LogP contribution in [0.5, 0.6) is 0 Å².